The molecule has 100 valence electrons. The zero-order chi connectivity index (χ0) is 13.2. The van der Waals surface area contributed by atoms with E-state index in [4.69, 9.17) is 10.5 Å². The summed E-state index contributed by atoms with van der Waals surface area (Å²) >= 11 is 3.54. The van der Waals surface area contributed by atoms with Gasteiger partial charge in [0.2, 0.25) is 0 Å². The molecule has 1 aliphatic carbocycles. The number of nitrogen functional groups attached to an aromatic ring is 1. The van der Waals surface area contributed by atoms with Crippen LogP contribution in [0.2, 0.25) is 0 Å². The maximum atomic E-state index is 5.81. The molecule has 0 unspecified atom stereocenters. The molecule has 1 aromatic rings. The number of rotatable bonds is 6. The lowest BCUT2D eigenvalue weighted by molar-refractivity contribution is 0.175. The second-order valence-corrected chi connectivity index (χ2v) is 5.89. The summed E-state index contributed by atoms with van der Waals surface area (Å²) in [5.41, 5.74) is 7.97. The van der Waals surface area contributed by atoms with Gasteiger partial charge in [0, 0.05) is 20.3 Å². The van der Waals surface area contributed by atoms with Gasteiger partial charge in [0.1, 0.15) is 5.82 Å². The van der Waals surface area contributed by atoms with Crippen LogP contribution < -0.4 is 11.1 Å². The number of hydrogen-bond acceptors (Lipinski definition) is 4. The summed E-state index contributed by atoms with van der Waals surface area (Å²) in [4.78, 5) is 4.34. The molecule has 4 nitrogen and oxygen atoms in total. The molecule has 0 spiro atoms. The molecule has 0 saturated heterocycles. The van der Waals surface area contributed by atoms with E-state index in [0.717, 1.165) is 35.4 Å². The fourth-order valence-electron chi connectivity index (χ4n) is 2.00. The number of pyridine rings is 1. The minimum absolute atomic E-state index is 0.409. The van der Waals surface area contributed by atoms with Gasteiger partial charge >= 0.3 is 0 Å². The zero-order valence-corrected chi connectivity index (χ0v) is 12.5. The Labute approximate surface area is 116 Å². The molecule has 0 atom stereocenters. The average Bonchev–Trinajstić information content (AvgIpc) is 3.13. The Bertz CT molecular complexity index is 432. The van der Waals surface area contributed by atoms with Crippen molar-refractivity contribution in [3.8, 4) is 0 Å². The highest BCUT2D eigenvalue weighted by atomic mass is 79.9. The van der Waals surface area contributed by atoms with E-state index in [2.05, 4.69) is 26.2 Å². The molecule has 1 saturated carbocycles. The smallest absolute Gasteiger partial charge is 0.140 e. The summed E-state index contributed by atoms with van der Waals surface area (Å²) < 4.78 is 6.12. The van der Waals surface area contributed by atoms with Crippen LogP contribution in [0, 0.1) is 12.3 Å². The van der Waals surface area contributed by atoms with Gasteiger partial charge in [0.15, 0.2) is 0 Å². The van der Waals surface area contributed by atoms with E-state index in [1.807, 2.05) is 6.92 Å². The van der Waals surface area contributed by atoms with Crippen molar-refractivity contribution in [2.24, 2.45) is 5.41 Å². The molecule has 0 amide bonds. The Morgan fingerprint density at radius 2 is 2.28 bits per heavy atom. The van der Waals surface area contributed by atoms with E-state index in [-0.39, 0.29) is 0 Å². The molecular formula is C13H20BrN3O. The standard InChI is InChI=1S/C13H20BrN3O/c1-9-10(15)7-16-12(11(9)14)17-8-13(3-4-13)5-6-18-2/h7H,3-6,8,15H2,1-2H3,(H,16,17). The number of anilines is 2. The number of methoxy groups -OCH3 is 1. The minimum atomic E-state index is 0.409. The number of halogens is 1. The van der Waals surface area contributed by atoms with E-state index >= 15 is 0 Å². The molecule has 18 heavy (non-hydrogen) atoms. The molecule has 1 aliphatic rings. The van der Waals surface area contributed by atoms with Gasteiger partial charge in [-0.2, -0.15) is 0 Å². The quantitative estimate of drug-likeness (QED) is 0.847. The van der Waals surface area contributed by atoms with Gasteiger partial charge < -0.3 is 15.8 Å². The monoisotopic (exact) mass is 313 g/mol. The maximum Gasteiger partial charge on any atom is 0.140 e. The lowest BCUT2D eigenvalue weighted by Crippen LogP contribution is -2.18. The first-order valence-electron chi connectivity index (χ1n) is 6.21. The van der Waals surface area contributed by atoms with Crippen LogP contribution in [0.3, 0.4) is 0 Å². The summed E-state index contributed by atoms with van der Waals surface area (Å²) in [5, 5.41) is 3.42. The van der Waals surface area contributed by atoms with Crippen LogP contribution >= 0.6 is 15.9 Å². The lowest BCUT2D eigenvalue weighted by atomic mass is 10.0. The lowest BCUT2D eigenvalue weighted by Gasteiger charge is -2.17. The molecule has 0 aliphatic heterocycles. The molecule has 1 aromatic heterocycles. The molecule has 0 bridgehead atoms. The largest absolute Gasteiger partial charge is 0.397 e. The Morgan fingerprint density at radius 3 is 2.89 bits per heavy atom. The van der Waals surface area contributed by atoms with E-state index in [0.29, 0.717) is 11.1 Å². The average molecular weight is 314 g/mol. The molecule has 5 heteroatoms. The first-order chi connectivity index (χ1) is 8.58. The molecular weight excluding hydrogens is 294 g/mol. The van der Waals surface area contributed by atoms with Gasteiger partial charge in [-0.3, -0.25) is 0 Å². The van der Waals surface area contributed by atoms with E-state index in [1.165, 1.54) is 12.8 Å². The third-order valence-electron chi connectivity index (χ3n) is 3.73. The van der Waals surface area contributed by atoms with Crippen LogP contribution in [0.4, 0.5) is 11.5 Å². The predicted octanol–water partition coefficient (Wildman–Crippen LogP) is 2.96. The predicted molar refractivity (Wildman–Crippen MR) is 77.7 cm³/mol. The van der Waals surface area contributed by atoms with Crippen LogP contribution in [-0.4, -0.2) is 25.2 Å². The van der Waals surface area contributed by atoms with E-state index in [1.54, 1.807) is 13.3 Å². The van der Waals surface area contributed by atoms with Crippen LogP contribution in [-0.2, 0) is 4.74 Å². The number of nitrogens with two attached hydrogens (primary N) is 1. The Kier molecular flexibility index (Phi) is 4.12. The molecule has 1 fully saturated rings. The number of nitrogens with one attached hydrogen (secondary N) is 1. The Balaban J connectivity index is 1.97. The van der Waals surface area contributed by atoms with Crippen molar-refractivity contribution in [1.29, 1.82) is 0 Å². The van der Waals surface area contributed by atoms with Crippen LogP contribution in [0.5, 0.6) is 0 Å². The third kappa shape index (κ3) is 2.95. The van der Waals surface area contributed by atoms with Crippen LogP contribution in [0.1, 0.15) is 24.8 Å². The molecule has 0 radical (unpaired) electrons. The number of aromatic nitrogens is 1. The highest BCUT2D eigenvalue weighted by molar-refractivity contribution is 9.10. The van der Waals surface area contributed by atoms with Gasteiger partial charge in [0.05, 0.1) is 16.4 Å². The van der Waals surface area contributed by atoms with Crippen molar-refractivity contribution in [2.75, 3.05) is 31.3 Å². The van der Waals surface area contributed by atoms with Crippen molar-refractivity contribution >= 4 is 27.4 Å². The summed E-state index contributed by atoms with van der Waals surface area (Å²) in [6.07, 6.45) is 5.36. The Hall–Kier alpha value is -0.810. The van der Waals surface area contributed by atoms with Crippen LogP contribution in [0.25, 0.3) is 0 Å². The SMILES string of the molecule is COCCC1(CNc2ncc(N)c(C)c2Br)CC1. The number of nitrogens with zero attached hydrogens (tertiary/aromatic N) is 1. The first kappa shape index (κ1) is 13.6. The number of ether oxygens (including phenoxy) is 1. The molecule has 1 heterocycles. The van der Waals surface area contributed by atoms with Gasteiger partial charge in [-0.1, -0.05) is 0 Å². The van der Waals surface area contributed by atoms with Gasteiger partial charge in [0.25, 0.3) is 0 Å². The third-order valence-corrected chi connectivity index (χ3v) is 4.70. The zero-order valence-electron chi connectivity index (χ0n) is 10.9. The molecule has 3 N–H and O–H groups in total. The summed E-state index contributed by atoms with van der Waals surface area (Å²) in [6, 6.07) is 0. The highest BCUT2D eigenvalue weighted by Crippen LogP contribution is 2.48. The van der Waals surface area contributed by atoms with Crippen molar-refractivity contribution in [2.45, 2.75) is 26.2 Å². The minimum Gasteiger partial charge on any atom is -0.397 e. The first-order valence-corrected chi connectivity index (χ1v) is 7.01. The maximum absolute atomic E-state index is 5.81. The van der Waals surface area contributed by atoms with Crippen molar-refractivity contribution in [1.82, 2.24) is 4.98 Å². The fraction of sp³-hybridized carbons (Fsp3) is 0.615. The summed E-state index contributed by atoms with van der Waals surface area (Å²) in [7, 11) is 1.75. The van der Waals surface area contributed by atoms with Crippen molar-refractivity contribution in [3.05, 3.63) is 16.2 Å². The van der Waals surface area contributed by atoms with Crippen LogP contribution in [0.15, 0.2) is 10.7 Å². The molecule has 2 rings (SSSR count). The summed E-state index contributed by atoms with van der Waals surface area (Å²) in [6.45, 7) is 3.77. The van der Waals surface area contributed by atoms with E-state index < -0.39 is 0 Å². The normalized spacial score (nSPS) is 16.6. The van der Waals surface area contributed by atoms with Gasteiger partial charge in [-0.25, -0.2) is 4.98 Å². The van der Waals surface area contributed by atoms with E-state index in [9.17, 15) is 0 Å². The second kappa shape index (κ2) is 5.45. The Morgan fingerprint density at radius 1 is 1.56 bits per heavy atom. The van der Waals surface area contributed by atoms with Crippen molar-refractivity contribution < 1.29 is 4.74 Å². The fourth-order valence-corrected chi connectivity index (χ4v) is 2.47. The highest BCUT2D eigenvalue weighted by Gasteiger charge is 2.41. The topological polar surface area (TPSA) is 60.2 Å². The number of hydrogen-bond donors (Lipinski definition) is 2. The van der Waals surface area contributed by atoms with Crippen molar-refractivity contribution in [3.63, 3.8) is 0 Å². The van der Waals surface area contributed by atoms with Gasteiger partial charge in [-0.05, 0) is 53.1 Å². The second-order valence-electron chi connectivity index (χ2n) is 5.10. The molecule has 0 aromatic carbocycles. The van der Waals surface area contributed by atoms with Gasteiger partial charge in [-0.15, -0.1) is 0 Å². The summed E-state index contributed by atoms with van der Waals surface area (Å²) in [5.74, 6) is 0.880.